The highest BCUT2D eigenvalue weighted by atomic mass is 19.1. The topological polar surface area (TPSA) is 56.7 Å². The third-order valence-electron chi connectivity index (χ3n) is 2.74. The Hall–Kier alpha value is -1.75. The second-order valence-electron chi connectivity index (χ2n) is 3.85. The Labute approximate surface area is 99.3 Å². The fourth-order valence-electron chi connectivity index (χ4n) is 1.82. The lowest BCUT2D eigenvalue weighted by atomic mass is 10.1. The molecule has 0 radical (unpaired) electrons. The fourth-order valence-corrected chi connectivity index (χ4v) is 1.82. The maximum absolute atomic E-state index is 13.2. The van der Waals surface area contributed by atoms with Gasteiger partial charge in [0.05, 0.1) is 6.54 Å². The van der Waals surface area contributed by atoms with Gasteiger partial charge in [-0.3, -0.25) is 0 Å². The summed E-state index contributed by atoms with van der Waals surface area (Å²) in [4.78, 5) is 0. The summed E-state index contributed by atoms with van der Waals surface area (Å²) in [7, 11) is 0. The minimum Gasteiger partial charge on any atom is -0.324 e. The van der Waals surface area contributed by atoms with E-state index in [1.54, 1.807) is 19.1 Å². The first kappa shape index (κ1) is 11.7. The van der Waals surface area contributed by atoms with Crippen molar-refractivity contribution in [2.45, 2.75) is 26.9 Å². The van der Waals surface area contributed by atoms with Crippen molar-refractivity contribution in [2.24, 2.45) is 5.73 Å². The SMILES string of the molecule is CCn1c(CN)nnc1-c1ccc(F)c(C)c1. The highest BCUT2D eigenvalue weighted by molar-refractivity contribution is 5.56. The van der Waals surface area contributed by atoms with Crippen LogP contribution in [0.3, 0.4) is 0 Å². The molecule has 0 spiro atoms. The van der Waals surface area contributed by atoms with Gasteiger partial charge in [-0.1, -0.05) is 0 Å². The largest absolute Gasteiger partial charge is 0.324 e. The predicted octanol–water partition coefficient (Wildman–Crippen LogP) is 1.87. The van der Waals surface area contributed by atoms with E-state index in [0.29, 0.717) is 12.1 Å². The van der Waals surface area contributed by atoms with Gasteiger partial charge in [0, 0.05) is 12.1 Å². The number of hydrogen-bond donors (Lipinski definition) is 1. The van der Waals surface area contributed by atoms with Crippen molar-refractivity contribution in [3.8, 4) is 11.4 Å². The van der Waals surface area contributed by atoms with Gasteiger partial charge in [-0.25, -0.2) is 4.39 Å². The predicted molar refractivity (Wildman–Crippen MR) is 63.7 cm³/mol. The van der Waals surface area contributed by atoms with Crippen LogP contribution in [0.25, 0.3) is 11.4 Å². The van der Waals surface area contributed by atoms with Crippen molar-refractivity contribution in [2.75, 3.05) is 0 Å². The molecule has 0 aliphatic carbocycles. The smallest absolute Gasteiger partial charge is 0.163 e. The molecule has 90 valence electrons. The Morgan fingerprint density at radius 3 is 2.71 bits per heavy atom. The average Bonchev–Trinajstić information content (AvgIpc) is 2.75. The number of nitrogens with two attached hydrogens (primary N) is 1. The number of aryl methyl sites for hydroxylation is 1. The van der Waals surface area contributed by atoms with Crippen LogP contribution in [-0.4, -0.2) is 14.8 Å². The van der Waals surface area contributed by atoms with Gasteiger partial charge in [-0.15, -0.1) is 10.2 Å². The molecule has 0 saturated carbocycles. The van der Waals surface area contributed by atoms with Crippen LogP contribution >= 0.6 is 0 Å². The summed E-state index contributed by atoms with van der Waals surface area (Å²) in [5.74, 6) is 1.26. The average molecular weight is 234 g/mol. The monoisotopic (exact) mass is 234 g/mol. The van der Waals surface area contributed by atoms with E-state index in [0.717, 1.165) is 23.8 Å². The number of rotatable bonds is 3. The van der Waals surface area contributed by atoms with Crippen LogP contribution in [0.15, 0.2) is 18.2 Å². The maximum atomic E-state index is 13.2. The fraction of sp³-hybridized carbons (Fsp3) is 0.333. The molecule has 2 aromatic rings. The molecule has 0 saturated heterocycles. The molecule has 1 heterocycles. The molecule has 0 amide bonds. The minimum atomic E-state index is -0.213. The van der Waals surface area contributed by atoms with Crippen LogP contribution in [0.5, 0.6) is 0 Å². The molecule has 2 rings (SSSR count). The summed E-state index contributed by atoms with van der Waals surface area (Å²) >= 11 is 0. The lowest BCUT2D eigenvalue weighted by molar-refractivity contribution is 0.618. The minimum absolute atomic E-state index is 0.213. The van der Waals surface area contributed by atoms with Crippen LogP contribution < -0.4 is 5.73 Å². The van der Waals surface area contributed by atoms with Gasteiger partial charge >= 0.3 is 0 Å². The molecule has 17 heavy (non-hydrogen) atoms. The van der Waals surface area contributed by atoms with E-state index in [4.69, 9.17) is 5.73 Å². The highest BCUT2D eigenvalue weighted by Gasteiger charge is 2.12. The van der Waals surface area contributed by atoms with Crippen LogP contribution in [0, 0.1) is 12.7 Å². The Morgan fingerprint density at radius 2 is 2.12 bits per heavy atom. The van der Waals surface area contributed by atoms with E-state index < -0.39 is 0 Å². The van der Waals surface area contributed by atoms with Crippen molar-refractivity contribution in [1.29, 1.82) is 0 Å². The van der Waals surface area contributed by atoms with E-state index >= 15 is 0 Å². The van der Waals surface area contributed by atoms with Crippen molar-refractivity contribution in [1.82, 2.24) is 14.8 Å². The molecular weight excluding hydrogens is 219 g/mol. The number of benzene rings is 1. The zero-order chi connectivity index (χ0) is 12.4. The molecule has 0 aliphatic heterocycles. The Morgan fingerprint density at radius 1 is 1.35 bits per heavy atom. The van der Waals surface area contributed by atoms with E-state index in [1.165, 1.54) is 6.07 Å². The van der Waals surface area contributed by atoms with Crippen molar-refractivity contribution in [3.05, 3.63) is 35.4 Å². The molecule has 1 aromatic carbocycles. The first-order chi connectivity index (χ1) is 8.17. The van der Waals surface area contributed by atoms with E-state index in [2.05, 4.69) is 10.2 Å². The third-order valence-corrected chi connectivity index (χ3v) is 2.74. The van der Waals surface area contributed by atoms with E-state index in [9.17, 15) is 4.39 Å². The Balaban J connectivity index is 2.52. The Bertz CT molecular complexity index is 533. The Kier molecular flexibility index (Phi) is 3.19. The summed E-state index contributed by atoms with van der Waals surface area (Å²) in [6.07, 6.45) is 0. The third kappa shape index (κ3) is 2.06. The number of halogens is 1. The second kappa shape index (κ2) is 4.63. The van der Waals surface area contributed by atoms with Crippen molar-refractivity contribution in [3.63, 3.8) is 0 Å². The lowest BCUT2D eigenvalue weighted by Crippen LogP contribution is -2.08. The highest BCUT2D eigenvalue weighted by Crippen LogP contribution is 2.21. The summed E-state index contributed by atoms with van der Waals surface area (Å²) in [6, 6.07) is 4.92. The number of nitrogens with zero attached hydrogens (tertiary/aromatic N) is 3. The second-order valence-corrected chi connectivity index (χ2v) is 3.85. The van der Waals surface area contributed by atoms with Crippen molar-refractivity contribution < 1.29 is 4.39 Å². The molecule has 0 bridgehead atoms. The van der Waals surface area contributed by atoms with Crippen LogP contribution in [0.2, 0.25) is 0 Å². The molecule has 0 fully saturated rings. The van der Waals surface area contributed by atoms with Gasteiger partial charge in [-0.05, 0) is 37.6 Å². The van der Waals surface area contributed by atoms with E-state index in [1.807, 2.05) is 11.5 Å². The summed E-state index contributed by atoms with van der Waals surface area (Å²) in [5, 5.41) is 8.14. The lowest BCUT2D eigenvalue weighted by Gasteiger charge is -2.07. The van der Waals surface area contributed by atoms with E-state index in [-0.39, 0.29) is 5.82 Å². The van der Waals surface area contributed by atoms with Gasteiger partial charge in [0.1, 0.15) is 11.6 Å². The molecule has 5 heteroatoms. The molecule has 0 aliphatic rings. The molecule has 4 nitrogen and oxygen atoms in total. The van der Waals surface area contributed by atoms with Crippen LogP contribution in [0.4, 0.5) is 4.39 Å². The summed E-state index contributed by atoms with van der Waals surface area (Å²) in [6.45, 7) is 4.82. The first-order valence-electron chi connectivity index (χ1n) is 5.56. The van der Waals surface area contributed by atoms with Gasteiger partial charge in [0.2, 0.25) is 0 Å². The van der Waals surface area contributed by atoms with Gasteiger partial charge in [0.25, 0.3) is 0 Å². The summed E-state index contributed by atoms with van der Waals surface area (Å²) in [5.41, 5.74) is 7.05. The van der Waals surface area contributed by atoms with Crippen LogP contribution in [0.1, 0.15) is 18.3 Å². The van der Waals surface area contributed by atoms with Gasteiger partial charge < -0.3 is 10.3 Å². The summed E-state index contributed by atoms with van der Waals surface area (Å²) < 4.78 is 15.1. The molecule has 1 aromatic heterocycles. The number of aromatic nitrogens is 3. The zero-order valence-electron chi connectivity index (χ0n) is 9.94. The molecular formula is C12H15FN4. The van der Waals surface area contributed by atoms with Gasteiger partial charge in [-0.2, -0.15) is 0 Å². The normalized spacial score (nSPS) is 10.8. The molecule has 2 N–H and O–H groups in total. The van der Waals surface area contributed by atoms with Gasteiger partial charge in [0.15, 0.2) is 5.82 Å². The molecule has 0 atom stereocenters. The van der Waals surface area contributed by atoms with Crippen molar-refractivity contribution >= 4 is 0 Å². The zero-order valence-corrected chi connectivity index (χ0v) is 9.94. The standard InChI is InChI=1S/C12H15FN4/c1-3-17-11(7-14)15-16-12(17)9-4-5-10(13)8(2)6-9/h4-6H,3,7,14H2,1-2H3. The first-order valence-corrected chi connectivity index (χ1v) is 5.56. The quantitative estimate of drug-likeness (QED) is 0.882. The maximum Gasteiger partial charge on any atom is 0.163 e. The molecule has 0 unspecified atom stereocenters. The number of hydrogen-bond acceptors (Lipinski definition) is 3. The van der Waals surface area contributed by atoms with Crippen LogP contribution in [-0.2, 0) is 13.1 Å².